The van der Waals surface area contributed by atoms with Crippen molar-refractivity contribution in [2.45, 2.75) is 39.3 Å². The summed E-state index contributed by atoms with van der Waals surface area (Å²) in [6.07, 6.45) is 0.221. The van der Waals surface area contributed by atoms with E-state index in [1.165, 1.54) is 12.1 Å². The second-order valence-electron chi connectivity index (χ2n) is 7.04. The van der Waals surface area contributed by atoms with Crippen molar-refractivity contribution < 1.29 is 14.5 Å². The molecule has 0 fully saturated rings. The van der Waals surface area contributed by atoms with Crippen molar-refractivity contribution in [3.05, 3.63) is 75.8 Å². The quantitative estimate of drug-likeness (QED) is 0.561. The number of rotatable bonds is 6. The van der Waals surface area contributed by atoms with Crippen LogP contribution in [-0.4, -0.2) is 28.0 Å². The number of benzene rings is 2. The highest BCUT2D eigenvalue weighted by Gasteiger charge is 2.27. The maximum Gasteiger partial charge on any atom is 0.410 e. The molecule has 26 heavy (non-hydrogen) atoms. The van der Waals surface area contributed by atoms with Gasteiger partial charge in [0.2, 0.25) is 0 Å². The number of nitro benzene ring substituents is 1. The lowest BCUT2D eigenvalue weighted by molar-refractivity contribution is -0.384. The first-order valence-corrected chi connectivity index (χ1v) is 8.49. The minimum atomic E-state index is -0.424. The highest BCUT2D eigenvalue weighted by Crippen LogP contribution is 2.18. The molecular formula is C20H24N2O4. The van der Waals surface area contributed by atoms with E-state index in [1.807, 2.05) is 51.1 Å². The summed E-state index contributed by atoms with van der Waals surface area (Å²) in [6.45, 7) is 6.55. The number of ether oxygens (including phenoxy) is 1. The van der Waals surface area contributed by atoms with Crippen LogP contribution in [0.4, 0.5) is 10.5 Å². The molecule has 2 aromatic rings. The SMILES string of the molecule is CC(C)(C)N(CCc1ccc([N+](=O)[O-])cc1)C(=O)OCc1ccccc1. The Kier molecular flexibility index (Phi) is 6.33. The molecule has 6 nitrogen and oxygen atoms in total. The minimum Gasteiger partial charge on any atom is -0.445 e. The van der Waals surface area contributed by atoms with Crippen molar-refractivity contribution in [2.75, 3.05) is 6.54 Å². The lowest BCUT2D eigenvalue weighted by Crippen LogP contribution is -2.46. The molecule has 0 saturated heterocycles. The molecule has 0 aromatic heterocycles. The molecule has 0 aliphatic carbocycles. The van der Waals surface area contributed by atoms with Gasteiger partial charge < -0.3 is 9.64 Å². The van der Waals surface area contributed by atoms with E-state index >= 15 is 0 Å². The summed E-state index contributed by atoms with van der Waals surface area (Å²) in [6, 6.07) is 15.9. The second-order valence-corrected chi connectivity index (χ2v) is 7.04. The molecule has 1 amide bonds. The molecular weight excluding hydrogens is 332 g/mol. The van der Waals surface area contributed by atoms with E-state index in [1.54, 1.807) is 17.0 Å². The maximum absolute atomic E-state index is 12.5. The fraction of sp³-hybridized carbons (Fsp3) is 0.350. The van der Waals surface area contributed by atoms with Gasteiger partial charge in [0, 0.05) is 24.2 Å². The molecule has 0 atom stereocenters. The molecule has 0 spiro atoms. The Morgan fingerprint density at radius 1 is 1.04 bits per heavy atom. The van der Waals surface area contributed by atoms with E-state index in [2.05, 4.69) is 0 Å². The molecule has 138 valence electrons. The number of amides is 1. The number of nitro groups is 1. The van der Waals surface area contributed by atoms with Crippen LogP contribution in [0.25, 0.3) is 0 Å². The van der Waals surface area contributed by atoms with Gasteiger partial charge in [-0.3, -0.25) is 10.1 Å². The van der Waals surface area contributed by atoms with E-state index in [0.29, 0.717) is 13.0 Å². The number of hydrogen-bond donors (Lipinski definition) is 0. The molecule has 0 radical (unpaired) electrons. The predicted molar refractivity (Wildman–Crippen MR) is 99.9 cm³/mol. The monoisotopic (exact) mass is 356 g/mol. The predicted octanol–water partition coefficient (Wildman–Crippen LogP) is 4.57. The smallest absolute Gasteiger partial charge is 0.410 e. The Bertz CT molecular complexity index is 737. The van der Waals surface area contributed by atoms with Crippen LogP contribution in [0.5, 0.6) is 0 Å². The van der Waals surface area contributed by atoms with Crippen molar-refractivity contribution in [3.63, 3.8) is 0 Å². The molecule has 0 saturated carbocycles. The summed E-state index contributed by atoms with van der Waals surface area (Å²) >= 11 is 0. The van der Waals surface area contributed by atoms with Crippen LogP contribution in [-0.2, 0) is 17.8 Å². The molecule has 0 aliphatic heterocycles. The van der Waals surface area contributed by atoms with Crippen molar-refractivity contribution in [1.29, 1.82) is 0 Å². The van der Waals surface area contributed by atoms with Gasteiger partial charge in [-0.1, -0.05) is 42.5 Å². The van der Waals surface area contributed by atoms with Gasteiger partial charge in [0.15, 0.2) is 0 Å². The van der Waals surface area contributed by atoms with Gasteiger partial charge in [0.25, 0.3) is 5.69 Å². The maximum atomic E-state index is 12.5. The van der Waals surface area contributed by atoms with E-state index in [-0.39, 0.29) is 18.4 Å². The molecule has 6 heteroatoms. The third kappa shape index (κ3) is 5.58. The number of carbonyl (C=O) groups is 1. The molecule has 0 bridgehead atoms. The van der Waals surface area contributed by atoms with Crippen LogP contribution in [0, 0.1) is 10.1 Å². The summed E-state index contributed by atoms with van der Waals surface area (Å²) in [5, 5.41) is 10.7. The first-order chi connectivity index (χ1) is 12.3. The molecule has 2 aromatic carbocycles. The van der Waals surface area contributed by atoms with E-state index in [4.69, 9.17) is 4.74 Å². The highest BCUT2D eigenvalue weighted by atomic mass is 16.6. The first kappa shape index (κ1) is 19.4. The van der Waals surface area contributed by atoms with Gasteiger partial charge in [-0.05, 0) is 38.3 Å². The first-order valence-electron chi connectivity index (χ1n) is 8.49. The summed E-state index contributed by atoms with van der Waals surface area (Å²) in [5.74, 6) is 0. The minimum absolute atomic E-state index is 0.0590. The summed E-state index contributed by atoms with van der Waals surface area (Å²) in [7, 11) is 0. The molecule has 0 unspecified atom stereocenters. The third-order valence-electron chi connectivity index (χ3n) is 4.01. The van der Waals surface area contributed by atoms with Crippen LogP contribution < -0.4 is 0 Å². The summed E-state index contributed by atoms with van der Waals surface area (Å²) in [5.41, 5.74) is 1.53. The van der Waals surface area contributed by atoms with Gasteiger partial charge in [-0.25, -0.2) is 4.79 Å². The van der Waals surface area contributed by atoms with Crippen molar-refractivity contribution in [2.24, 2.45) is 0 Å². The van der Waals surface area contributed by atoms with Gasteiger partial charge in [0.05, 0.1) is 4.92 Å². The van der Waals surface area contributed by atoms with Crippen LogP contribution >= 0.6 is 0 Å². The number of carbonyl (C=O) groups excluding carboxylic acids is 1. The van der Waals surface area contributed by atoms with Gasteiger partial charge in [-0.2, -0.15) is 0 Å². The van der Waals surface area contributed by atoms with E-state index in [0.717, 1.165) is 11.1 Å². The van der Waals surface area contributed by atoms with Crippen LogP contribution in [0.1, 0.15) is 31.9 Å². The molecule has 0 N–H and O–H groups in total. The van der Waals surface area contributed by atoms with Crippen molar-refractivity contribution in [1.82, 2.24) is 4.90 Å². The average Bonchev–Trinajstić information content (AvgIpc) is 2.60. The van der Waals surface area contributed by atoms with Crippen molar-refractivity contribution >= 4 is 11.8 Å². The summed E-state index contributed by atoms with van der Waals surface area (Å²) < 4.78 is 5.45. The Labute approximate surface area is 153 Å². The van der Waals surface area contributed by atoms with Crippen molar-refractivity contribution in [3.8, 4) is 0 Å². The zero-order chi connectivity index (χ0) is 19.2. The number of nitrogens with zero attached hydrogens (tertiary/aromatic N) is 2. The fourth-order valence-electron chi connectivity index (χ4n) is 2.52. The van der Waals surface area contributed by atoms with Gasteiger partial charge in [-0.15, -0.1) is 0 Å². The van der Waals surface area contributed by atoms with Gasteiger partial charge in [0.1, 0.15) is 6.61 Å². The zero-order valence-corrected chi connectivity index (χ0v) is 15.3. The Morgan fingerprint density at radius 3 is 2.19 bits per heavy atom. The lowest BCUT2D eigenvalue weighted by Gasteiger charge is -2.34. The van der Waals surface area contributed by atoms with Crippen LogP contribution in [0.3, 0.4) is 0 Å². The Balaban J connectivity index is 1.98. The van der Waals surface area contributed by atoms with E-state index < -0.39 is 10.5 Å². The lowest BCUT2D eigenvalue weighted by atomic mass is 10.0. The standard InChI is InChI=1S/C20H24N2O4/c1-20(2,3)21(19(23)26-15-17-7-5-4-6-8-17)14-13-16-9-11-18(12-10-16)22(24)25/h4-12H,13-15H2,1-3H3. The van der Waals surface area contributed by atoms with Crippen LogP contribution in [0.2, 0.25) is 0 Å². The molecule has 2 rings (SSSR count). The summed E-state index contributed by atoms with van der Waals surface area (Å²) in [4.78, 5) is 24.5. The third-order valence-corrected chi connectivity index (χ3v) is 4.01. The topological polar surface area (TPSA) is 72.7 Å². The highest BCUT2D eigenvalue weighted by molar-refractivity contribution is 5.68. The Morgan fingerprint density at radius 2 is 1.65 bits per heavy atom. The number of hydrogen-bond acceptors (Lipinski definition) is 4. The normalized spacial score (nSPS) is 11.0. The van der Waals surface area contributed by atoms with E-state index in [9.17, 15) is 14.9 Å². The zero-order valence-electron chi connectivity index (χ0n) is 15.3. The van der Waals surface area contributed by atoms with Crippen LogP contribution in [0.15, 0.2) is 54.6 Å². The molecule has 0 heterocycles. The number of non-ortho nitro benzene ring substituents is 1. The fourth-order valence-corrected chi connectivity index (χ4v) is 2.52. The molecule has 0 aliphatic rings. The average molecular weight is 356 g/mol. The largest absolute Gasteiger partial charge is 0.445 e. The van der Waals surface area contributed by atoms with Gasteiger partial charge >= 0.3 is 6.09 Å². The second kappa shape index (κ2) is 8.47. The Hall–Kier alpha value is -2.89.